The summed E-state index contributed by atoms with van der Waals surface area (Å²) in [6.07, 6.45) is 3.38. The highest BCUT2D eigenvalue weighted by Gasteiger charge is 2.34. The van der Waals surface area contributed by atoms with Crippen LogP contribution in [0.25, 0.3) is 0 Å². The van der Waals surface area contributed by atoms with Gasteiger partial charge in [0.2, 0.25) is 17.7 Å². The molecule has 0 radical (unpaired) electrons. The van der Waals surface area contributed by atoms with E-state index in [0.29, 0.717) is 19.5 Å². The molecule has 2 aliphatic heterocycles. The lowest BCUT2D eigenvalue weighted by Crippen LogP contribution is -2.59. The van der Waals surface area contributed by atoms with Gasteiger partial charge in [-0.2, -0.15) is 0 Å². The lowest BCUT2D eigenvalue weighted by molar-refractivity contribution is -0.144. The minimum atomic E-state index is -0.134. The molecule has 6 heteroatoms. The zero-order chi connectivity index (χ0) is 18.7. The number of piperazine rings is 1. The van der Waals surface area contributed by atoms with E-state index in [1.165, 1.54) is 0 Å². The van der Waals surface area contributed by atoms with Crippen molar-refractivity contribution in [1.29, 1.82) is 0 Å². The molecule has 0 aromatic heterocycles. The molecule has 2 aliphatic rings. The van der Waals surface area contributed by atoms with Crippen LogP contribution in [-0.4, -0.2) is 59.7 Å². The van der Waals surface area contributed by atoms with Crippen molar-refractivity contribution < 1.29 is 14.4 Å². The molecule has 1 aromatic rings. The van der Waals surface area contributed by atoms with Gasteiger partial charge < -0.3 is 14.7 Å². The molecular weight excluding hydrogens is 330 g/mol. The van der Waals surface area contributed by atoms with E-state index in [-0.39, 0.29) is 36.9 Å². The maximum atomic E-state index is 12.8. The summed E-state index contributed by atoms with van der Waals surface area (Å²) in [6.45, 7) is 5.20. The Balaban J connectivity index is 1.67. The minimum Gasteiger partial charge on any atom is -0.333 e. The van der Waals surface area contributed by atoms with E-state index in [1.807, 2.05) is 38.1 Å². The van der Waals surface area contributed by atoms with Crippen LogP contribution in [-0.2, 0) is 14.4 Å². The van der Waals surface area contributed by atoms with Gasteiger partial charge in [-0.3, -0.25) is 14.4 Å². The van der Waals surface area contributed by atoms with Crippen LogP contribution in [0.15, 0.2) is 24.3 Å². The molecule has 0 spiro atoms. The van der Waals surface area contributed by atoms with Crippen molar-refractivity contribution in [3.8, 4) is 0 Å². The van der Waals surface area contributed by atoms with Crippen molar-refractivity contribution in [3.63, 3.8) is 0 Å². The van der Waals surface area contributed by atoms with Gasteiger partial charge in [0, 0.05) is 31.2 Å². The zero-order valence-corrected chi connectivity index (χ0v) is 15.6. The SMILES string of the molecule is Cc1ccccc1N1CC(C)N(C(=O)CN2CCCCCC2=O)CC1=O. The number of likely N-dealkylation sites (tertiary alicyclic amines) is 1. The summed E-state index contributed by atoms with van der Waals surface area (Å²) >= 11 is 0. The van der Waals surface area contributed by atoms with Crippen LogP contribution >= 0.6 is 0 Å². The molecule has 1 unspecified atom stereocenters. The minimum absolute atomic E-state index is 0.0494. The number of para-hydroxylation sites is 1. The number of hydrogen-bond acceptors (Lipinski definition) is 3. The van der Waals surface area contributed by atoms with E-state index in [2.05, 4.69) is 0 Å². The molecule has 0 saturated carbocycles. The topological polar surface area (TPSA) is 60.9 Å². The molecule has 0 aliphatic carbocycles. The molecule has 6 nitrogen and oxygen atoms in total. The Morgan fingerprint density at radius 2 is 1.88 bits per heavy atom. The molecule has 0 bridgehead atoms. The molecule has 0 N–H and O–H groups in total. The van der Waals surface area contributed by atoms with E-state index < -0.39 is 0 Å². The number of amides is 3. The molecule has 3 amide bonds. The van der Waals surface area contributed by atoms with Crippen LogP contribution in [0.4, 0.5) is 5.69 Å². The average Bonchev–Trinajstić information content (AvgIpc) is 2.82. The van der Waals surface area contributed by atoms with Crippen molar-refractivity contribution in [3.05, 3.63) is 29.8 Å². The molecule has 2 fully saturated rings. The summed E-state index contributed by atoms with van der Waals surface area (Å²) in [5.41, 5.74) is 1.95. The fourth-order valence-electron chi connectivity index (χ4n) is 3.74. The molecule has 2 saturated heterocycles. The third-order valence-electron chi connectivity index (χ3n) is 5.31. The lowest BCUT2D eigenvalue weighted by Gasteiger charge is -2.40. The van der Waals surface area contributed by atoms with E-state index >= 15 is 0 Å². The van der Waals surface area contributed by atoms with Gasteiger partial charge in [-0.25, -0.2) is 0 Å². The maximum Gasteiger partial charge on any atom is 0.246 e. The number of nitrogens with zero attached hydrogens (tertiary/aromatic N) is 3. The van der Waals surface area contributed by atoms with E-state index in [0.717, 1.165) is 30.5 Å². The fourth-order valence-corrected chi connectivity index (χ4v) is 3.74. The number of carbonyl (C=O) groups is 3. The van der Waals surface area contributed by atoms with Crippen molar-refractivity contribution in [2.45, 2.75) is 45.6 Å². The van der Waals surface area contributed by atoms with Crippen molar-refractivity contribution >= 4 is 23.4 Å². The van der Waals surface area contributed by atoms with Crippen LogP contribution in [0.1, 0.15) is 38.2 Å². The molecule has 3 rings (SSSR count). The number of carbonyl (C=O) groups excluding carboxylic acids is 3. The summed E-state index contributed by atoms with van der Waals surface area (Å²) in [7, 11) is 0. The number of hydrogen-bond donors (Lipinski definition) is 0. The van der Waals surface area contributed by atoms with Gasteiger partial charge in [0.25, 0.3) is 0 Å². The first-order valence-electron chi connectivity index (χ1n) is 9.40. The smallest absolute Gasteiger partial charge is 0.246 e. The van der Waals surface area contributed by atoms with Gasteiger partial charge in [0.05, 0.1) is 6.54 Å². The molecule has 26 heavy (non-hydrogen) atoms. The van der Waals surface area contributed by atoms with E-state index in [1.54, 1.807) is 14.7 Å². The number of anilines is 1. The Labute approximate surface area is 154 Å². The zero-order valence-electron chi connectivity index (χ0n) is 15.6. The summed E-state index contributed by atoms with van der Waals surface area (Å²) in [5, 5.41) is 0. The first kappa shape index (κ1) is 18.4. The molecule has 1 aromatic carbocycles. The second-order valence-corrected chi connectivity index (χ2v) is 7.29. The first-order valence-corrected chi connectivity index (χ1v) is 9.40. The van der Waals surface area contributed by atoms with Crippen LogP contribution in [0, 0.1) is 6.92 Å². The molecule has 2 heterocycles. The van der Waals surface area contributed by atoms with Crippen LogP contribution in [0.2, 0.25) is 0 Å². The van der Waals surface area contributed by atoms with E-state index in [9.17, 15) is 14.4 Å². The summed E-state index contributed by atoms with van der Waals surface area (Å²) < 4.78 is 0. The summed E-state index contributed by atoms with van der Waals surface area (Å²) in [6, 6.07) is 7.71. The Morgan fingerprint density at radius 1 is 1.12 bits per heavy atom. The van der Waals surface area contributed by atoms with Crippen LogP contribution < -0.4 is 4.90 Å². The molecule has 140 valence electrons. The fraction of sp³-hybridized carbons (Fsp3) is 0.550. The highest BCUT2D eigenvalue weighted by Crippen LogP contribution is 2.24. The lowest BCUT2D eigenvalue weighted by atomic mass is 10.1. The van der Waals surface area contributed by atoms with Crippen molar-refractivity contribution in [2.75, 3.05) is 31.1 Å². The Morgan fingerprint density at radius 3 is 2.65 bits per heavy atom. The number of aryl methyl sites for hydroxylation is 1. The Kier molecular flexibility index (Phi) is 5.59. The van der Waals surface area contributed by atoms with Gasteiger partial charge in [0.15, 0.2) is 0 Å². The quantitative estimate of drug-likeness (QED) is 0.831. The summed E-state index contributed by atoms with van der Waals surface area (Å²) in [5.74, 6) is -0.160. The van der Waals surface area contributed by atoms with Crippen LogP contribution in [0.3, 0.4) is 0 Å². The molecule has 1 atom stereocenters. The molecular formula is C20H27N3O3. The first-order chi connectivity index (χ1) is 12.5. The predicted octanol–water partition coefficient (Wildman–Crippen LogP) is 1.96. The predicted molar refractivity (Wildman–Crippen MR) is 99.8 cm³/mol. The maximum absolute atomic E-state index is 12.8. The standard InChI is InChI=1S/C20H27N3O3/c1-15-8-5-6-9-17(15)23-12-16(2)22(14-20(23)26)19(25)13-21-11-7-3-4-10-18(21)24/h5-6,8-9,16H,3-4,7,10-14H2,1-2H3. The normalized spacial score (nSPS) is 21.8. The van der Waals surface area contributed by atoms with Crippen molar-refractivity contribution in [1.82, 2.24) is 9.80 Å². The van der Waals surface area contributed by atoms with Crippen LogP contribution in [0.5, 0.6) is 0 Å². The third-order valence-corrected chi connectivity index (χ3v) is 5.31. The monoisotopic (exact) mass is 357 g/mol. The number of rotatable bonds is 3. The number of benzene rings is 1. The Bertz CT molecular complexity index is 703. The second-order valence-electron chi connectivity index (χ2n) is 7.29. The highest BCUT2D eigenvalue weighted by molar-refractivity contribution is 5.99. The van der Waals surface area contributed by atoms with Gasteiger partial charge in [-0.15, -0.1) is 0 Å². The van der Waals surface area contributed by atoms with Gasteiger partial charge in [0.1, 0.15) is 6.54 Å². The van der Waals surface area contributed by atoms with E-state index in [4.69, 9.17) is 0 Å². The average molecular weight is 357 g/mol. The van der Waals surface area contributed by atoms with Crippen molar-refractivity contribution in [2.24, 2.45) is 0 Å². The highest BCUT2D eigenvalue weighted by atomic mass is 16.2. The second kappa shape index (κ2) is 7.89. The summed E-state index contributed by atoms with van der Waals surface area (Å²) in [4.78, 5) is 42.6. The van der Waals surface area contributed by atoms with Gasteiger partial charge in [-0.05, 0) is 38.3 Å². The largest absolute Gasteiger partial charge is 0.333 e. The van der Waals surface area contributed by atoms with Gasteiger partial charge >= 0.3 is 0 Å². The van der Waals surface area contributed by atoms with Gasteiger partial charge in [-0.1, -0.05) is 24.6 Å². The third kappa shape index (κ3) is 3.89. The Hall–Kier alpha value is -2.37.